The van der Waals surface area contributed by atoms with E-state index in [-0.39, 0.29) is 0 Å². The van der Waals surface area contributed by atoms with E-state index in [0.717, 1.165) is 25.2 Å². The van der Waals surface area contributed by atoms with E-state index < -0.39 is 0 Å². The highest BCUT2D eigenvalue weighted by atomic mass is 35.5. The molecular formula is C14H19ClN2S2. The number of aromatic nitrogens is 1. The maximum absolute atomic E-state index is 5.75. The quantitative estimate of drug-likeness (QED) is 0.530. The molecule has 2 heterocycles. The van der Waals surface area contributed by atoms with E-state index in [1.54, 1.807) is 22.7 Å². The van der Waals surface area contributed by atoms with E-state index in [4.69, 9.17) is 11.6 Å². The largest absolute Gasteiger partial charge is 0.302 e. The summed E-state index contributed by atoms with van der Waals surface area (Å²) in [6, 6.07) is 2.20. The van der Waals surface area contributed by atoms with E-state index in [2.05, 4.69) is 39.1 Å². The van der Waals surface area contributed by atoms with Crippen LogP contribution in [-0.4, -0.2) is 23.5 Å². The van der Waals surface area contributed by atoms with Crippen LogP contribution in [-0.2, 0) is 18.8 Å². The van der Waals surface area contributed by atoms with Crippen molar-refractivity contribution in [2.75, 3.05) is 13.6 Å². The van der Waals surface area contributed by atoms with Crippen molar-refractivity contribution >= 4 is 34.3 Å². The van der Waals surface area contributed by atoms with Gasteiger partial charge in [0.25, 0.3) is 0 Å². The van der Waals surface area contributed by atoms with Gasteiger partial charge in [-0.25, -0.2) is 4.98 Å². The molecule has 0 fully saturated rings. The Morgan fingerprint density at radius 2 is 2.21 bits per heavy atom. The zero-order valence-corrected chi connectivity index (χ0v) is 13.5. The maximum atomic E-state index is 5.75. The highest BCUT2D eigenvalue weighted by molar-refractivity contribution is 7.09. The molecule has 0 aliphatic carbocycles. The molecule has 104 valence electrons. The summed E-state index contributed by atoms with van der Waals surface area (Å²) in [5, 5.41) is 7.64. The molecule has 2 aromatic heterocycles. The van der Waals surface area contributed by atoms with Gasteiger partial charge in [-0.05, 0) is 55.2 Å². The van der Waals surface area contributed by atoms with E-state index in [1.165, 1.54) is 23.4 Å². The first-order valence-electron chi connectivity index (χ1n) is 6.47. The van der Waals surface area contributed by atoms with Gasteiger partial charge in [-0.3, -0.25) is 0 Å². The van der Waals surface area contributed by atoms with Crippen molar-refractivity contribution in [1.29, 1.82) is 0 Å². The number of halogens is 1. The first-order valence-corrected chi connectivity index (χ1v) is 8.82. The van der Waals surface area contributed by atoms with Crippen molar-refractivity contribution < 1.29 is 0 Å². The van der Waals surface area contributed by atoms with Crippen LogP contribution in [0.25, 0.3) is 0 Å². The smallest absolute Gasteiger partial charge is 0.0928 e. The molecule has 2 nitrogen and oxygen atoms in total. The van der Waals surface area contributed by atoms with Gasteiger partial charge < -0.3 is 4.90 Å². The normalized spacial score (nSPS) is 11.3. The number of thiazole rings is 1. The van der Waals surface area contributed by atoms with Crippen molar-refractivity contribution in [3.63, 3.8) is 0 Å². The second-order valence-electron chi connectivity index (χ2n) is 4.69. The predicted molar refractivity (Wildman–Crippen MR) is 85.3 cm³/mol. The van der Waals surface area contributed by atoms with Crippen LogP contribution in [0, 0.1) is 0 Å². The van der Waals surface area contributed by atoms with Gasteiger partial charge in [-0.15, -0.1) is 22.9 Å². The first-order chi connectivity index (χ1) is 9.28. The molecule has 0 spiro atoms. The van der Waals surface area contributed by atoms with Crippen molar-refractivity contribution in [2.24, 2.45) is 0 Å². The molecule has 5 heteroatoms. The zero-order valence-electron chi connectivity index (χ0n) is 11.1. The number of alkyl halides is 1. The van der Waals surface area contributed by atoms with E-state index in [9.17, 15) is 0 Å². The van der Waals surface area contributed by atoms with E-state index in [0.29, 0.717) is 5.88 Å². The summed E-state index contributed by atoms with van der Waals surface area (Å²) < 4.78 is 0. The lowest BCUT2D eigenvalue weighted by Crippen LogP contribution is -2.18. The number of nitrogens with zero attached hydrogens (tertiary/aromatic N) is 2. The Bertz CT molecular complexity index is 468. The summed E-state index contributed by atoms with van der Waals surface area (Å²) in [6.07, 6.45) is 3.49. The minimum absolute atomic E-state index is 0.528. The van der Waals surface area contributed by atoms with E-state index in [1.807, 2.05) is 0 Å². The average Bonchev–Trinajstić information content (AvgIpc) is 3.05. The molecule has 2 aromatic rings. The Balaban J connectivity index is 1.61. The van der Waals surface area contributed by atoms with Gasteiger partial charge in [0.2, 0.25) is 0 Å². The summed E-state index contributed by atoms with van der Waals surface area (Å²) in [5.41, 5.74) is 2.43. The molecule has 19 heavy (non-hydrogen) atoms. The molecule has 0 saturated heterocycles. The Morgan fingerprint density at radius 1 is 1.32 bits per heavy atom. The van der Waals surface area contributed by atoms with Crippen LogP contribution in [0.1, 0.15) is 29.1 Å². The first kappa shape index (κ1) is 15.0. The Morgan fingerprint density at radius 3 is 2.89 bits per heavy atom. The van der Waals surface area contributed by atoms with Crippen molar-refractivity contribution in [3.8, 4) is 0 Å². The Hall–Kier alpha value is -0.420. The summed E-state index contributed by atoms with van der Waals surface area (Å²) in [6.45, 7) is 2.20. The standard InChI is InChI=1S/C14H19ClN2S2/c1-17(9-12-5-7-18-10-12)6-3-2-4-14-16-13(8-15)11-19-14/h5,7,10-11H,2-4,6,8-9H2,1H3. The van der Waals surface area contributed by atoms with Gasteiger partial charge in [-0.1, -0.05) is 0 Å². The Labute approximate surface area is 128 Å². The van der Waals surface area contributed by atoms with Gasteiger partial charge in [0.15, 0.2) is 0 Å². The maximum Gasteiger partial charge on any atom is 0.0928 e. The summed E-state index contributed by atoms with van der Waals surface area (Å²) in [7, 11) is 2.19. The fourth-order valence-electron chi connectivity index (χ4n) is 1.96. The minimum atomic E-state index is 0.528. The number of hydrogen-bond donors (Lipinski definition) is 0. The molecule has 0 amide bonds. The molecule has 0 saturated carbocycles. The molecule has 0 N–H and O–H groups in total. The fourth-order valence-corrected chi connectivity index (χ4v) is 3.68. The van der Waals surface area contributed by atoms with Gasteiger partial charge in [0.1, 0.15) is 0 Å². The van der Waals surface area contributed by atoms with Crippen LogP contribution >= 0.6 is 34.3 Å². The topological polar surface area (TPSA) is 16.1 Å². The molecule has 0 aliphatic rings. The molecular weight excluding hydrogens is 296 g/mol. The molecule has 0 aromatic carbocycles. The van der Waals surface area contributed by atoms with Gasteiger partial charge in [-0.2, -0.15) is 11.3 Å². The lowest BCUT2D eigenvalue weighted by molar-refractivity contribution is 0.319. The molecule has 2 rings (SSSR count). The fraction of sp³-hybridized carbons (Fsp3) is 0.500. The molecule has 0 unspecified atom stereocenters. The van der Waals surface area contributed by atoms with Crippen molar-refractivity contribution in [3.05, 3.63) is 38.5 Å². The molecule has 0 atom stereocenters. The lowest BCUT2D eigenvalue weighted by Gasteiger charge is -2.15. The lowest BCUT2D eigenvalue weighted by atomic mass is 10.2. The number of hydrogen-bond acceptors (Lipinski definition) is 4. The van der Waals surface area contributed by atoms with Crippen LogP contribution in [0.3, 0.4) is 0 Å². The van der Waals surface area contributed by atoms with Crippen molar-refractivity contribution in [2.45, 2.75) is 31.7 Å². The molecule has 0 bridgehead atoms. The number of aryl methyl sites for hydroxylation is 1. The molecule has 0 radical (unpaired) electrons. The van der Waals surface area contributed by atoms with E-state index >= 15 is 0 Å². The second kappa shape index (κ2) is 8.00. The zero-order chi connectivity index (χ0) is 13.5. The third-order valence-corrected chi connectivity index (χ3v) is 4.91. The van der Waals surface area contributed by atoms with Crippen molar-refractivity contribution in [1.82, 2.24) is 9.88 Å². The minimum Gasteiger partial charge on any atom is -0.302 e. The highest BCUT2D eigenvalue weighted by Crippen LogP contribution is 2.14. The summed E-state index contributed by atoms with van der Waals surface area (Å²) >= 11 is 9.25. The van der Waals surface area contributed by atoms with Crippen LogP contribution in [0.5, 0.6) is 0 Å². The van der Waals surface area contributed by atoms with Crippen LogP contribution in [0.2, 0.25) is 0 Å². The third-order valence-electron chi connectivity index (χ3n) is 2.95. The number of unbranched alkanes of at least 4 members (excludes halogenated alkanes) is 1. The summed E-state index contributed by atoms with van der Waals surface area (Å²) in [5.74, 6) is 0.528. The molecule has 0 aliphatic heterocycles. The number of rotatable bonds is 8. The van der Waals surface area contributed by atoms with Crippen LogP contribution in [0.4, 0.5) is 0 Å². The third kappa shape index (κ3) is 5.22. The highest BCUT2D eigenvalue weighted by Gasteiger charge is 2.03. The average molecular weight is 315 g/mol. The second-order valence-corrected chi connectivity index (χ2v) is 6.68. The predicted octanol–water partition coefficient (Wildman–Crippen LogP) is 4.40. The SMILES string of the molecule is CN(CCCCc1nc(CCl)cs1)Cc1ccsc1. The van der Waals surface area contributed by atoms with Gasteiger partial charge in [0.05, 0.1) is 16.6 Å². The number of thiophene rings is 1. The monoisotopic (exact) mass is 314 g/mol. The summed E-state index contributed by atoms with van der Waals surface area (Å²) in [4.78, 5) is 6.86. The van der Waals surface area contributed by atoms with Crippen LogP contribution in [0.15, 0.2) is 22.2 Å². The Kier molecular flexibility index (Phi) is 6.31. The van der Waals surface area contributed by atoms with Gasteiger partial charge >= 0.3 is 0 Å². The van der Waals surface area contributed by atoms with Crippen LogP contribution < -0.4 is 0 Å². The van der Waals surface area contributed by atoms with Gasteiger partial charge in [0, 0.05) is 11.9 Å².